The lowest BCUT2D eigenvalue weighted by Crippen LogP contribution is -2.48. The zero-order valence-corrected chi connectivity index (χ0v) is 28.4. The Balaban J connectivity index is 0.00000260. The molecule has 6 rings (SSSR count). The van der Waals surface area contributed by atoms with Gasteiger partial charge in [-0.2, -0.15) is 0 Å². The second-order valence-electron chi connectivity index (χ2n) is 11.4. The molecule has 0 bridgehead atoms. The molecule has 4 aromatic rings. The van der Waals surface area contributed by atoms with Crippen molar-refractivity contribution in [2.45, 2.75) is 19.8 Å². The van der Waals surface area contributed by atoms with E-state index in [1.165, 1.54) is 0 Å². The van der Waals surface area contributed by atoms with Crippen LogP contribution in [-0.4, -0.2) is 81.3 Å². The monoisotopic (exact) mass is 688 g/mol. The predicted molar refractivity (Wildman–Crippen MR) is 191 cm³/mol. The van der Waals surface area contributed by atoms with Gasteiger partial charge in [-0.05, 0) is 54.6 Å². The SMILES string of the molecule is CCN1CCN(C(=O)c2ccc(NC(=O)Cc3cccc(C#Cc4cnc(N)nc4-c4cc5c(n4C)CCNC5=O)c3)cc2)CC1.Cl.Cl. The van der Waals surface area contributed by atoms with Gasteiger partial charge in [0.2, 0.25) is 11.9 Å². The van der Waals surface area contributed by atoms with Gasteiger partial charge in [-0.25, -0.2) is 9.97 Å². The summed E-state index contributed by atoms with van der Waals surface area (Å²) in [6.45, 7) is 6.92. The number of amides is 3. The number of benzene rings is 2. The fourth-order valence-corrected chi connectivity index (χ4v) is 5.88. The van der Waals surface area contributed by atoms with Gasteiger partial charge in [-0.15, -0.1) is 24.8 Å². The summed E-state index contributed by atoms with van der Waals surface area (Å²) in [5.41, 5.74) is 12.1. The molecule has 13 heteroatoms. The topological polar surface area (TPSA) is 138 Å². The highest BCUT2D eigenvalue weighted by molar-refractivity contribution is 5.98. The molecule has 4 heterocycles. The molecule has 0 saturated carbocycles. The van der Waals surface area contributed by atoms with E-state index in [9.17, 15) is 14.4 Å². The lowest BCUT2D eigenvalue weighted by Gasteiger charge is -2.34. The van der Waals surface area contributed by atoms with E-state index in [0.29, 0.717) is 34.6 Å². The minimum atomic E-state index is -0.175. The van der Waals surface area contributed by atoms with Crippen LogP contribution in [0.4, 0.5) is 11.6 Å². The number of nitrogens with one attached hydrogen (secondary N) is 2. The first-order chi connectivity index (χ1) is 22.3. The summed E-state index contributed by atoms with van der Waals surface area (Å²) in [6.07, 6.45) is 2.46. The first kappa shape index (κ1) is 36.0. The second kappa shape index (κ2) is 15.8. The fourth-order valence-electron chi connectivity index (χ4n) is 5.88. The second-order valence-corrected chi connectivity index (χ2v) is 11.4. The lowest BCUT2D eigenvalue weighted by atomic mass is 10.1. The summed E-state index contributed by atoms with van der Waals surface area (Å²) >= 11 is 0. The highest BCUT2D eigenvalue weighted by Gasteiger charge is 2.25. The number of nitrogens with two attached hydrogens (primary N) is 1. The molecule has 0 aliphatic carbocycles. The molecule has 0 unspecified atom stereocenters. The number of anilines is 2. The highest BCUT2D eigenvalue weighted by atomic mass is 35.5. The number of hydrogen-bond acceptors (Lipinski definition) is 7. The van der Waals surface area contributed by atoms with Crippen LogP contribution in [0, 0.1) is 11.8 Å². The Morgan fingerprint density at radius 3 is 2.48 bits per heavy atom. The molecule has 0 atom stereocenters. The maximum absolute atomic E-state index is 12.9. The average Bonchev–Trinajstić information content (AvgIpc) is 3.41. The summed E-state index contributed by atoms with van der Waals surface area (Å²) in [6, 6.07) is 16.3. The summed E-state index contributed by atoms with van der Waals surface area (Å²) < 4.78 is 1.96. The highest BCUT2D eigenvalue weighted by Crippen LogP contribution is 2.28. The summed E-state index contributed by atoms with van der Waals surface area (Å²) in [7, 11) is 1.90. The van der Waals surface area contributed by atoms with Crippen molar-refractivity contribution in [2.75, 3.05) is 50.3 Å². The van der Waals surface area contributed by atoms with Crippen LogP contribution in [-0.2, 0) is 24.7 Å². The Bertz CT molecular complexity index is 1870. The van der Waals surface area contributed by atoms with Gasteiger partial charge in [0.1, 0.15) is 5.69 Å². The maximum atomic E-state index is 12.9. The van der Waals surface area contributed by atoms with Crippen molar-refractivity contribution >= 4 is 54.2 Å². The van der Waals surface area contributed by atoms with E-state index >= 15 is 0 Å². The average molecular weight is 690 g/mol. The molecule has 0 radical (unpaired) electrons. The molecule has 2 aliphatic rings. The maximum Gasteiger partial charge on any atom is 0.253 e. The number of nitrogens with zero attached hydrogens (tertiary/aromatic N) is 5. The van der Waals surface area contributed by atoms with Crippen LogP contribution >= 0.6 is 24.8 Å². The number of nitrogen functional groups attached to an aromatic ring is 1. The first-order valence-corrected chi connectivity index (χ1v) is 15.4. The number of piperazine rings is 1. The quantitative estimate of drug-likeness (QED) is 0.264. The van der Waals surface area contributed by atoms with E-state index in [4.69, 9.17) is 5.73 Å². The van der Waals surface area contributed by atoms with Crippen molar-refractivity contribution in [2.24, 2.45) is 7.05 Å². The van der Waals surface area contributed by atoms with E-state index < -0.39 is 0 Å². The van der Waals surface area contributed by atoms with Crippen molar-refractivity contribution in [3.05, 3.63) is 94.3 Å². The predicted octanol–water partition coefficient (Wildman–Crippen LogP) is 3.55. The lowest BCUT2D eigenvalue weighted by molar-refractivity contribution is -0.115. The number of rotatable bonds is 6. The third-order valence-electron chi connectivity index (χ3n) is 8.46. The van der Waals surface area contributed by atoms with Crippen LogP contribution < -0.4 is 16.4 Å². The molecule has 2 aromatic carbocycles. The summed E-state index contributed by atoms with van der Waals surface area (Å²) in [4.78, 5) is 51.0. The Hall–Kier alpha value is -4.89. The molecule has 250 valence electrons. The van der Waals surface area contributed by atoms with Gasteiger partial charge < -0.3 is 30.7 Å². The van der Waals surface area contributed by atoms with E-state index in [-0.39, 0.29) is 54.9 Å². The number of halogens is 2. The zero-order valence-electron chi connectivity index (χ0n) is 26.8. The normalized spacial score (nSPS) is 14.0. The largest absolute Gasteiger partial charge is 0.368 e. The number of carbonyl (C=O) groups is 3. The van der Waals surface area contributed by atoms with Crippen LogP contribution in [0.2, 0.25) is 0 Å². The minimum Gasteiger partial charge on any atom is -0.368 e. The third kappa shape index (κ3) is 7.97. The molecule has 2 aliphatic heterocycles. The number of aromatic nitrogens is 3. The summed E-state index contributed by atoms with van der Waals surface area (Å²) in [5.74, 6) is 6.17. The number of hydrogen-bond donors (Lipinski definition) is 3. The standard InChI is InChI=1S/C35H36N8O3.2ClH/c1-3-42-15-17-43(18-16-42)34(46)25-9-11-27(12-10-25)39-31(44)20-24-6-4-5-23(19-24)7-8-26-22-38-35(36)40-32(26)30-21-28-29(41(30)2)13-14-37-33(28)45;;/h4-6,9-12,19,21-22H,3,13-18,20H2,1-2H3,(H,37,45)(H,39,44)(H2,36,38,40);2*1H. The van der Waals surface area contributed by atoms with Gasteiger partial charge in [-0.1, -0.05) is 30.9 Å². The summed E-state index contributed by atoms with van der Waals surface area (Å²) in [5, 5.41) is 5.79. The molecular weight excluding hydrogens is 651 g/mol. The molecule has 4 N–H and O–H groups in total. The van der Waals surface area contributed by atoms with E-state index in [1.807, 2.05) is 46.8 Å². The molecule has 0 spiro atoms. The minimum absolute atomic E-state index is 0. The van der Waals surface area contributed by atoms with Gasteiger partial charge in [0.15, 0.2) is 0 Å². The Morgan fingerprint density at radius 1 is 1.02 bits per heavy atom. The first-order valence-electron chi connectivity index (χ1n) is 15.4. The van der Waals surface area contributed by atoms with E-state index in [0.717, 1.165) is 61.7 Å². The Morgan fingerprint density at radius 2 is 1.77 bits per heavy atom. The van der Waals surface area contributed by atoms with Crippen molar-refractivity contribution < 1.29 is 14.4 Å². The molecule has 48 heavy (non-hydrogen) atoms. The van der Waals surface area contributed by atoms with Crippen LogP contribution in [0.25, 0.3) is 11.4 Å². The number of fused-ring (bicyclic) bond motifs is 1. The van der Waals surface area contributed by atoms with Crippen LogP contribution in [0.5, 0.6) is 0 Å². The number of carbonyl (C=O) groups excluding carboxylic acids is 3. The van der Waals surface area contributed by atoms with Crippen molar-refractivity contribution in [3.8, 4) is 23.2 Å². The van der Waals surface area contributed by atoms with Gasteiger partial charge in [0, 0.05) is 74.9 Å². The molecule has 1 saturated heterocycles. The van der Waals surface area contributed by atoms with Crippen molar-refractivity contribution in [1.29, 1.82) is 0 Å². The fraction of sp³-hybridized carbons (Fsp3) is 0.286. The van der Waals surface area contributed by atoms with Gasteiger partial charge in [0.05, 0.1) is 23.2 Å². The van der Waals surface area contributed by atoms with E-state index in [1.54, 1.807) is 30.5 Å². The molecule has 11 nitrogen and oxygen atoms in total. The molecule has 3 amide bonds. The Kier molecular flexibility index (Phi) is 11.8. The number of likely N-dealkylation sites (N-methyl/N-ethyl adjacent to an activating group) is 1. The smallest absolute Gasteiger partial charge is 0.253 e. The van der Waals surface area contributed by atoms with Gasteiger partial charge in [0.25, 0.3) is 11.8 Å². The Labute approximate surface area is 292 Å². The zero-order chi connectivity index (χ0) is 32.2. The molecule has 2 aromatic heterocycles. The van der Waals surface area contributed by atoms with Crippen LogP contribution in [0.3, 0.4) is 0 Å². The van der Waals surface area contributed by atoms with E-state index in [2.05, 4.69) is 44.3 Å². The molecule has 1 fully saturated rings. The van der Waals surface area contributed by atoms with Crippen molar-refractivity contribution in [1.82, 2.24) is 29.7 Å². The van der Waals surface area contributed by atoms with Gasteiger partial charge >= 0.3 is 0 Å². The molecular formula is C35H38Cl2N8O3. The van der Waals surface area contributed by atoms with Gasteiger partial charge in [-0.3, -0.25) is 14.4 Å². The van der Waals surface area contributed by atoms with Crippen molar-refractivity contribution in [3.63, 3.8) is 0 Å². The third-order valence-corrected chi connectivity index (χ3v) is 8.46. The van der Waals surface area contributed by atoms with Crippen LogP contribution in [0.1, 0.15) is 50.0 Å². The van der Waals surface area contributed by atoms with Crippen LogP contribution in [0.15, 0.2) is 60.8 Å².